The smallest absolute Gasteiger partial charge is 0.245 e. The van der Waals surface area contributed by atoms with Crippen molar-refractivity contribution in [3.63, 3.8) is 0 Å². The van der Waals surface area contributed by atoms with E-state index in [4.69, 9.17) is 0 Å². The Hall–Kier alpha value is -3.08. The molecule has 0 radical (unpaired) electrons. The van der Waals surface area contributed by atoms with E-state index in [1.165, 1.54) is 5.56 Å². The van der Waals surface area contributed by atoms with E-state index in [0.717, 1.165) is 27.7 Å². The second-order valence-corrected chi connectivity index (χ2v) is 8.50. The maximum Gasteiger partial charge on any atom is 0.245 e. The highest BCUT2D eigenvalue weighted by atomic mass is 16.2. The van der Waals surface area contributed by atoms with Gasteiger partial charge in [-0.1, -0.05) is 56.3 Å². The van der Waals surface area contributed by atoms with E-state index in [2.05, 4.69) is 55.2 Å². The van der Waals surface area contributed by atoms with Crippen LogP contribution in [-0.4, -0.2) is 46.2 Å². The molecule has 2 atom stereocenters. The molecule has 29 heavy (non-hydrogen) atoms. The zero-order valence-corrected chi connectivity index (χ0v) is 17.0. The third-order valence-electron chi connectivity index (χ3n) is 6.37. The zero-order chi connectivity index (χ0) is 20.3. The summed E-state index contributed by atoms with van der Waals surface area (Å²) in [5.74, 6) is 0.460. The van der Waals surface area contributed by atoms with Gasteiger partial charge < -0.3 is 14.8 Å². The van der Waals surface area contributed by atoms with Crippen LogP contribution in [-0.2, 0) is 16.0 Å². The van der Waals surface area contributed by atoms with Gasteiger partial charge in [0.25, 0.3) is 0 Å². The van der Waals surface area contributed by atoms with Crippen LogP contribution in [0.5, 0.6) is 0 Å². The summed E-state index contributed by atoms with van der Waals surface area (Å²) in [4.78, 5) is 33.0. The van der Waals surface area contributed by atoms with Gasteiger partial charge in [0.2, 0.25) is 11.8 Å². The monoisotopic (exact) mass is 387 g/mol. The molecule has 2 amide bonds. The first-order valence-electron chi connectivity index (χ1n) is 10.2. The number of nitrogens with zero attached hydrogens (tertiary/aromatic N) is 2. The van der Waals surface area contributed by atoms with E-state index in [1.54, 1.807) is 11.9 Å². The standard InChI is InChI=1S/C24H25N3O2/c1-14(2)15-8-10-16(11-9-15)23-22-18(17-6-4-5-7-19(17)25-22)12-20-24(29)26(3)13-21(28)27(20)23/h4-11,14,20,23,25H,12-13H2,1-3H3/t20-,23-/m0/s1. The molecule has 1 saturated heterocycles. The molecule has 0 bridgehead atoms. The van der Waals surface area contributed by atoms with Crippen molar-refractivity contribution in [1.29, 1.82) is 0 Å². The van der Waals surface area contributed by atoms with E-state index in [1.807, 2.05) is 17.0 Å². The summed E-state index contributed by atoms with van der Waals surface area (Å²) in [6, 6.07) is 15.9. The van der Waals surface area contributed by atoms with Crippen LogP contribution in [0.4, 0.5) is 0 Å². The van der Waals surface area contributed by atoms with Crippen LogP contribution >= 0.6 is 0 Å². The van der Waals surface area contributed by atoms with Gasteiger partial charge in [0.1, 0.15) is 6.04 Å². The number of piperazine rings is 1. The molecule has 3 aromatic rings. The number of rotatable bonds is 2. The first-order valence-corrected chi connectivity index (χ1v) is 10.2. The average molecular weight is 387 g/mol. The molecule has 0 aliphatic carbocycles. The maximum atomic E-state index is 13.1. The second-order valence-electron chi connectivity index (χ2n) is 8.50. The molecule has 0 unspecified atom stereocenters. The van der Waals surface area contributed by atoms with Crippen LogP contribution in [0.25, 0.3) is 10.9 Å². The van der Waals surface area contributed by atoms with Crippen LogP contribution in [0, 0.1) is 0 Å². The number of aromatic amines is 1. The summed E-state index contributed by atoms with van der Waals surface area (Å²) < 4.78 is 0. The van der Waals surface area contributed by atoms with Gasteiger partial charge in [-0.15, -0.1) is 0 Å². The minimum Gasteiger partial charge on any atom is -0.356 e. The summed E-state index contributed by atoms with van der Waals surface area (Å²) in [7, 11) is 1.72. The number of aromatic nitrogens is 1. The summed E-state index contributed by atoms with van der Waals surface area (Å²) in [6.45, 7) is 4.47. The lowest BCUT2D eigenvalue weighted by Crippen LogP contribution is -2.62. The van der Waals surface area contributed by atoms with Gasteiger partial charge in [0.15, 0.2) is 0 Å². The summed E-state index contributed by atoms with van der Waals surface area (Å²) in [6.07, 6.45) is 0.550. The zero-order valence-electron chi connectivity index (χ0n) is 17.0. The Labute approximate surface area is 170 Å². The fourth-order valence-electron chi connectivity index (χ4n) is 4.82. The number of benzene rings is 2. The topological polar surface area (TPSA) is 56.4 Å². The number of H-pyrrole nitrogens is 1. The van der Waals surface area contributed by atoms with E-state index in [9.17, 15) is 9.59 Å². The fraction of sp³-hybridized carbons (Fsp3) is 0.333. The van der Waals surface area contributed by atoms with Crippen LogP contribution in [0.2, 0.25) is 0 Å². The molecule has 0 spiro atoms. The Balaban J connectivity index is 1.72. The predicted molar refractivity (Wildman–Crippen MR) is 113 cm³/mol. The Bertz CT molecular complexity index is 1110. The minimum absolute atomic E-state index is 0.000609. The number of amides is 2. The summed E-state index contributed by atoms with van der Waals surface area (Å²) in [5, 5.41) is 1.14. The van der Waals surface area contributed by atoms with Crippen LogP contribution in [0.15, 0.2) is 48.5 Å². The Kier molecular flexibility index (Phi) is 4.02. The lowest BCUT2D eigenvalue weighted by atomic mass is 9.85. The Morgan fingerprint density at radius 2 is 1.76 bits per heavy atom. The Morgan fingerprint density at radius 3 is 2.48 bits per heavy atom. The molecule has 1 N–H and O–H groups in total. The third kappa shape index (κ3) is 2.68. The van der Waals surface area contributed by atoms with E-state index >= 15 is 0 Å². The maximum absolute atomic E-state index is 13.1. The van der Waals surface area contributed by atoms with Gasteiger partial charge in [-0.3, -0.25) is 9.59 Å². The minimum atomic E-state index is -0.456. The molecule has 5 nitrogen and oxygen atoms in total. The largest absolute Gasteiger partial charge is 0.356 e. The normalized spacial score (nSPS) is 21.7. The Morgan fingerprint density at radius 1 is 1.03 bits per heavy atom. The van der Waals surface area contributed by atoms with Gasteiger partial charge in [-0.2, -0.15) is 0 Å². The number of hydrogen-bond acceptors (Lipinski definition) is 2. The number of nitrogens with one attached hydrogen (secondary N) is 1. The van der Waals surface area contributed by atoms with Gasteiger partial charge in [0, 0.05) is 30.1 Å². The molecule has 3 heterocycles. The fourth-order valence-corrected chi connectivity index (χ4v) is 4.82. The second kappa shape index (κ2) is 6.48. The molecular weight excluding hydrogens is 362 g/mol. The molecule has 2 aromatic carbocycles. The number of carbonyl (C=O) groups is 2. The summed E-state index contributed by atoms with van der Waals surface area (Å²) in [5.41, 5.74) is 5.53. The van der Waals surface area contributed by atoms with Crippen molar-refractivity contribution in [3.8, 4) is 0 Å². The first kappa shape index (κ1) is 18.0. The third-order valence-corrected chi connectivity index (χ3v) is 6.37. The highest BCUT2D eigenvalue weighted by Gasteiger charge is 2.47. The van der Waals surface area contributed by atoms with Crippen molar-refractivity contribution in [2.24, 2.45) is 0 Å². The molecular formula is C24H25N3O2. The van der Waals surface area contributed by atoms with Crippen molar-refractivity contribution in [2.45, 2.75) is 38.3 Å². The highest BCUT2D eigenvalue weighted by Crippen LogP contribution is 2.42. The highest BCUT2D eigenvalue weighted by molar-refractivity contribution is 5.97. The molecule has 5 rings (SSSR count). The summed E-state index contributed by atoms with van der Waals surface area (Å²) >= 11 is 0. The molecule has 1 fully saturated rings. The average Bonchev–Trinajstić information content (AvgIpc) is 3.09. The van der Waals surface area contributed by atoms with Crippen LogP contribution in [0.1, 0.15) is 48.2 Å². The lowest BCUT2D eigenvalue weighted by molar-refractivity contribution is -0.157. The van der Waals surface area contributed by atoms with Crippen molar-refractivity contribution >= 4 is 22.7 Å². The van der Waals surface area contributed by atoms with Crippen LogP contribution in [0.3, 0.4) is 0 Å². The van der Waals surface area contributed by atoms with E-state index in [0.29, 0.717) is 12.3 Å². The molecule has 5 heteroatoms. The van der Waals surface area contributed by atoms with E-state index < -0.39 is 6.04 Å². The van der Waals surface area contributed by atoms with Gasteiger partial charge in [-0.05, 0) is 28.7 Å². The molecule has 2 aliphatic heterocycles. The number of carbonyl (C=O) groups excluding carboxylic acids is 2. The SMILES string of the molecule is CC(C)c1ccc([C@H]2c3[nH]c4ccccc4c3C[C@H]3C(=O)N(C)CC(=O)N23)cc1. The quantitative estimate of drug-likeness (QED) is 0.730. The number of fused-ring (bicyclic) bond motifs is 4. The predicted octanol–water partition coefficient (Wildman–Crippen LogP) is 3.61. The van der Waals surface area contributed by atoms with Crippen molar-refractivity contribution in [3.05, 3.63) is 70.9 Å². The lowest BCUT2D eigenvalue weighted by Gasteiger charge is -2.46. The van der Waals surface area contributed by atoms with Gasteiger partial charge in [0.05, 0.1) is 12.6 Å². The van der Waals surface area contributed by atoms with Crippen LogP contribution < -0.4 is 0 Å². The van der Waals surface area contributed by atoms with Gasteiger partial charge in [-0.25, -0.2) is 0 Å². The molecule has 148 valence electrons. The van der Waals surface area contributed by atoms with E-state index in [-0.39, 0.29) is 24.4 Å². The van der Waals surface area contributed by atoms with Crippen molar-refractivity contribution < 1.29 is 9.59 Å². The molecule has 1 aromatic heterocycles. The molecule has 0 saturated carbocycles. The number of likely N-dealkylation sites (N-methyl/N-ethyl adjacent to an activating group) is 1. The van der Waals surface area contributed by atoms with Crippen molar-refractivity contribution in [1.82, 2.24) is 14.8 Å². The van der Waals surface area contributed by atoms with Gasteiger partial charge >= 0.3 is 0 Å². The number of hydrogen-bond donors (Lipinski definition) is 1. The molecule has 2 aliphatic rings. The first-order chi connectivity index (χ1) is 14.0. The number of para-hydroxylation sites is 1. The van der Waals surface area contributed by atoms with Crippen molar-refractivity contribution in [2.75, 3.05) is 13.6 Å².